The van der Waals surface area contributed by atoms with Gasteiger partial charge in [0.05, 0.1) is 0 Å². The normalized spacial score (nSPS) is 11.4. The number of ether oxygens (including phenoxy) is 1. The number of benzene rings is 2. The van der Waals surface area contributed by atoms with Crippen LogP contribution in [0.15, 0.2) is 54.6 Å². The van der Waals surface area contributed by atoms with E-state index < -0.39 is 0 Å². The number of hydrogen-bond acceptors (Lipinski definition) is 3. The fourth-order valence-electron chi connectivity index (χ4n) is 1.99. The molecule has 0 fully saturated rings. The summed E-state index contributed by atoms with van der Waals surface area (Å²) in [6.45, 7) is 3.93. The molecule has 0 saturated carbocycles. The molecule has 2 N–H and O–H groups in total. The van der Waals surface area contributed by atoms with Crippen molar-refractivity contribution in [2.75, 3.05) is 11.9 Å². The second-order valence-electron chi connectivity index (χ2n) is 5.51. The van der Waals surface area contributed by atoms with Crippen LogP contribution in [0.2, 0.25) is 0 Å². The number of carbonyl (C=O) groups excluding carboxylic acids is 2. The molecule has 126 valence electrons. The molecule has 0 heterocycles. The molecule has 0 spiro atoms. The molecule has 5 nitrogen and oxygen atoms in total. The average Bonchev–Trinajstić information content (AvgIpc) is 2.61. The van der Waals surface area contributed by atoms with E-state index in [0.29, 0.717) is 17.0 Å². The van der Waals surface area contributed by atoms with E-state index in [1.165, 1.54) is 0 Å². The van der Waals surface area contributed by atoms with Crippen LogP contribution in [0.5, 0.6) is 5.75 Å². The Balaban J connectivity index is 1.84. The van der Waals surface area contributed by atoms with Crippen molar-refractivity contribution in [1.29, 1.82) is 0 Å². The van der Waals surface area contributed by atoms with E-state index >= 15 is 0 Å². The summed E-state index contributed by atoms with van der Waals surface area (Å²) >= 11 is 0. The molecule has 0 saturated heterocycles. The maximum atomic E-state index is 12.0. The average molecular weight is 326 g/mol. The molecule has 0 aliphatic heterocycles. The van der Waals surface area contributed by atoms with Crippen LogP contribution < -0.4 is 15.4 Å². The first-order chi connectivity index (χ1) is 11.6. The molecule has 2 aromatic carbocycles. The van der Waals surface area contributed by atoms with Gasteiger partial charge in [0.2, 0.25) is 0 Å². The van der Waals surface area contributed by atoms with Gasteiger partial charge in [-0.05, 0) is 49.7 Å². The van der Waals surface area contributed by atoms with Gasteiger partial charge in [0.1, 0.15) is 5.75 Å². The summed E-state index contributed by atoms with van der Waals surface area (Å²) in [6.07, 6.45) is 0.877. The molecular weight excluding hydrogens is 304 g/mol. The molecule has 5 heteroatoms. The summed E-state index contributed by atoms with van der Waals surface area (Å²) in [7, 11) is 0. The number of hydrogen-bond donors (Lipinski definition) is 2. The van der Waals surface area contributed by atoms with Gasteiger partial charge in [-0.15, -0.1) is 0 Å². The lowest BCUT2D eigenvalue weighted by Crippen LogP contribution is -2.35. The van der Waals surface area contributed by atoms with E-state index in [1.54, 1.807) is 36.4 Å². The van der Waals surface area contributed by atoms with Gasteiger partial charge in [0, 0.05) is 17.3 Å². The van der Waals surface area contributed by atoms with Crippen molar-refractivity contribution in [1.82, 2.24) is 5.32 Å². The van der Waals surface area contributed by atoms with Crippen LogP contribution in [-0.4, -0.2) is 24.5 Å². The standard InChI is InChI=1S/C19H22N2O3/c1-3-14(2)20-18(22)13-24-17-11-9-16(10-12-17)21-19(23)15-7-5-4-6-8-15/h4-12,14H,3,13H2,1-2H3,(H,20,22)(H,21,23)/t14-/m0/s1. The first kappa shape index (κ1) is 17.5. The molecule has 0 bridgehead atoms. The van der Waals surface area contributed by atoms with Gasteiger partial charge in [-0.25, -0.2) is 0 Å². The van der Waals surface area contributed by atoms with Gasteiger partial charge < -0.3 is 15.4 Å². The minimum atomic E-state index is -0.169. The van der Waals surface area contributed by atoms with Crippen molar-refractivity contribution in [3.05, 3.63) is 60.2 Å². The lowest BCUT2D eigenvalue weighted by molar-refractivity contribution is -0.123. The highest BCUT2D eigenvalue weighted by Gasteiger charge is 2.07. The summed E-state index contributed by atoms with van der Waals surface area (Å²) < 4.78 is 5.43. The summed E-state index contributed by atoms with van der Waals surface area (Å²) in [4.78, 5) is 23.7. The van der Waals surface area contributed by atoms with Gasteiger partial charge in [-0.1, -0.05) is 25.1 Å². The van der Waals surface area contributed by atoms with Gasteiger partial charge in [0.15, 0.2) is 6.61 Å². The van der Waals surface area contributed by atoms with E-state index in [-0.39, 0.29) is 24.5 Å². The van der Waals surface area contributed by atoms with E-state index in [0.717, 1.165) is 6.42 Å². The smallest absolute Gasteiger partial charge is 0.258 e. The number of carbonyl (C=O) groups is 2. The van der Waals surface area contributed by atoms with Crippen molar-refractivity contribution >= 4 is 17.5 Å². The molecular formula is C19H22N2O3. The third-order valence-electron chi connectivity index (χ3n) is 3.54. The third-order valence-corrected chi connectivity index (χ3v) is 3.54. The van der Waals surface area contributed by atoms with Crippen molar-refractivity contribution in [2.24, 2.45) is 0 Å². The number of rotatable bonds is 7. The van der Waals surface area contributed by atoms with Crippen molar-refractivity contribution in [3.63, 3.8) is 0 Å². The van der Waals surface area contributed by atoms with E-state index in [1.807, 2.05) is 32.0 Å². The molecule has 0 unspecified atom stereocenters. The summed E-state index contributed by atoms with van der Waals surface area (Å²) in [5.41, 5.74) is 1.26. The zero-order valence-corrected chi connectivity index (χ0v) is 13.9. The zero-order chi connectivity index (χ0) is 17.4. The maximum Gasteiger partial charge on any atom is 0.258 e. The lowest BCUT2D eigenvalue weighted by atomic mass is 10.2. The zero-order valence-electron chi connectivity index (χ0n) is 13.9. The predicted molar refractivity (Wildman–Crippen MR) is 94.2 cm³/mol. The summed E-state index contributed by atoms with van der Waals surface area (Å²) in [5.74, 6) is 0.259. The Kier molecular flexibility index (Phi) is 6.37. The van der Waals surface area contributed by atoms with Crippen molar-refractivity contribution in [3.8, 4) is 5.75 Å². The Labute approximate surface area is 142 Å². The highest BCUT2D eigenvalue weighted by Crippen LogP contribution is 2.16. The lowest BCUT2D eigenvalue weighted by Gasteiger charge is -2.12. The Hall–Kier alpha value is -2.82. The van der Waals surface area contributed by atoms with Crippen molar-refractivity contribution < 1.29 is 14.3 Å². The fourth-order valence-corrected chi connectivity index (χ4v) is 1.99. The number of nitrogens with one attached hydrogen (secondary N) is 2. The van der Waals surface area contributed by atoms with Crippen LogP contribution in [0.1, 0.15) is 30.6 Å². The molecule has 2 rings (SSSR count). The molecule has 0 aromatic heterocycles. The molecule has 2 amide bonds. The van der Waals surface area contributed by atoms with Gasteiger partial charge in [0.25, 0.3) is 11.8 Å². The van der Waals surface area contributed by atoms with Crippen LogP contribution in [0, 0.1) is 0 Å². The van der Waals surface area contributed by atoms with E-state index in [9.17, 15) is 9.59 Å². The first-order valence-electron chi connectivity index (χ1n) is 7.97. The molecule has 0 radical (unpaired) electrons. The Morgan fingerprint density at radius 1 is 1.04 bits per heavy atom. The van der Waals surface area contributed by atoms with Gasteiger partial charge >= 0.3 is 0 Å². The SMILES string of the molecule is CC[C@H](C)NC(=O)COc1ccc(NC(=O)c2ccccc2)cc1. The third kappa shape index (κ3) is 5.43. The monoisotopic (exact) mass is 326 g/mol. The molecule has 2 aromatic rings. The second-order valence-corrected chi connectivity index (χ2v) is 5.51. The fraction of sp³-hybridized carbons (Fsp3) is 0.263. The van der Waals surface area contributed by atoms with Crippen LogP contribution >= 0.6 is 0 Å². The predicted octanol–water partition coefficient (Wildman–Crippen LogP) is 3.23. The van der Waals surface area contributed by atoms with E-state index in [2.05, 4.69) is 10.6 Å². The Morgan fingerprint density at radius 3 is 2.33 bits per heavy atom. The van der Waals surface area contributed by atoms with Crippen LogP contribution in [0.3, 0.4) is 0 Å². The van der Waals surface area contributed by atoms with Crippen molar-refractivity contribution in [2.45, 2.75) is 26.3 Å². The number of anilines is 1. The Bertz CT molecular complexity index is 669. The molecule has 24 heavy (non-hydrogen) atoms. The van der Waals surface area contributed by atoms with Gasteiger partial charge in [-0.3, -0.25) is 9.59 Å². The van der Waals surface area contributed by atoms with Gasteiger partial charge in [-0.2, -0.15) is 0 Å². The molecule has 0 aliphatic carbocycles. The minimum absolute atomic E-state index is 0.0277. The van der Waals surface area contributed by atoms with E-state index in [4.69, 9.17) is 4.74 Å². The van der Waals surface area contributed by atoms with Crippen LogP contribution in [0.25, 0.3) is 0 Å². The number of amides is 2. The van der Waals surface area contributed by atoms with Crippen LogP contribution in [0.4, 0.5) is 5.69 Å². The highest BCUT2D eigenvalue weighted by molar-refractivity contribution is 6.04. The summed E-state index contributed by atoms with van der Waals surface area (Å²) in [5, 5.41) is 5.64. The highest BCUT2D eigenvalue weighted by atomic mass is 16.5. The second kappa shape index (κ2) is 8.72. The van der Waals surface area contributed by atoms with Crippen LogP contribution in [-0.2, 0) is 4.79 Å². The molecule has 1 atom stereocenters. The largest absolute Gasteiger partial charge is 0.484 e. The minimum Gasteiger partial charge on any atom is -0.484 e. The molecule has 0 aliphatic rings. The maximum absolute atomic E-state index is 12.0. The summed E-state index contributed by atoms with van der Waals surface area (Å²) in [6, 6.07) is 16.1. The Morgan fingerprint density at radius 2 is 1.71 bits per heavy atom. The first-order valence-corrected chi connectivity index (χ1v) is 7.97. The quantitative estimate of drug-likeness (QED) is 0.821. The topological polar surface area (TPSA) is 67.4 Å².